The Morgan fingerprint density at radius 2 is 1.94 bits per heavy atom. The first-order valence-corrected chi connectivity index (χ1v) is 13.0. The van der Waals surface area contributed by atoms with Crippen molar-refractivity contribution >= 4 is 33.5 Å². The van der Waals surface area contributed by atoms with E-state index < -0.39 is 0 Å². The van der Waals surface area contributed by atoms with E-state index >= 15 is 0 Å². The van der Waals surface area contributed by atoms with Crippen LogP contribution in [-0.2, 0) is 6.54 Å². The number of halogens is 1. The molecule has 1 atom stereocenters. The van der Waals surface area contributed by atoms with Gasteiger partial charge in [0.15, 0.2) is 0 Å². The van der Waals surface area contributed by atoms with Crippen LogP contribution in [0.3, 0.4) is 0 Å². The molecule has 1 aliphatic heterocycles. The zero-order valence-corrected chi connectivity index (χ0v) is 20.3. The Labute approximate surface area is 203 Å². The minimum atomic E-state index is -0.281. The van der Waals surface area contributed by atoms with Gasteiger partial charge in [0, 0.05) is 43.6 Å². The molecule has 0 spiro atoms. The number of nitrogens with zero attached hydrogens (tertiary/aromatic N) is 3. The van der Waals surface area contributed by atoms with Crippen molar-refractivity contribution in [2.75, 3.05) is 19.6 Å². The third kappa shape index (κ3) is 4.69. The van der Waals surface area contributed by atoms with Crippen molar-refractivity contribution in [3.63, 3.8) is 0 Å². The van der Waals surface area contributed by atoms with E-state index in [1.54, 1.807) is 17.4 Å². The largest absolute Gasteiger partial charge is 0.335 e. The van der Waals surface area contributed by atoms with Gasteiger partial charge in [-0.3, -0.25) is 4.79 Å². The summed E-state index contributed by atoms with van der Waals surface area (Å²) in [6.45, 7) is 3.95. The number of rotatable bonds is 4. The van der Waals surface area contributed by atoms with Gasteiger partial charge in [0.1, 0.15) is 16.3 Å². The summed E-state index contributed by atoms with van der Waals surface area (Å²) in [5, 5.41) is 6.22. The van der Waals surface area contributed by atoms with Gasteiger partial charge in [0.25, 0.3) is 5.91 Å². The molecule has 1 unspecified atom stereocenters. The van der Waals surface area contributed by atoms with Crippen molar-refractivity contribution in [3.8, 4) is 0 Å². The average molecular weight is 483 g/mol. The monoisotopic (exact) mass is 482 g/mol. The fourth-order valence-corrected chi connectivity index (χ4v) is 6.13. The van der Waals surface area contributed by atoms with E-state index in [2.05, 4.69) is 5.32 Å². The van der Waals surface area contributed by atoms with Gasteiger partial charge in [-0.2, -0.15) is 0 Å². The minimum absolute atomic E-state index is 0.0125. The van der Waals surface area contributed by atoms with Crippen LogP contribution in [0.15, 0.2) is 41.8 Å². The van der Waals surface area contributed by atoms with Crippen LogP contribution in [0, 0.1) is 5.82 Å². The maximum Gasteiger partial charge on any atom is 0.317 e. The van der Waals surface area contributed by atoms with Gasteiger partial charge in [-0.1, -0.05) is 31.4 Å². The minimum Gasteiger partial charge on any atom is -0.335 e. The van der Waals surface area contributed by atoms with Crippen molar-refractivity contribution in [1.82, 2.24) is 19.7 Å². The van der Waals surface area contributed by atoms with Gasteiger partial charge in [-0.15, -0.1) is 11.3 Å². The van der Waals surface area contributed by atoms with E-state index in [9.17, 15) is 14.0 Å². The number of piperazine rings is 1. The summed E-state index contributed by atoms with van der Waals surface area (Å²) in [6.07, 6.45) is 5.71. The predicted molar refractivity (Wildman–Crippen MR) is 133 cm³/mol. The van der Waals surface area contributed by atoms with E-state index in [1.807, 2.05) is 44.9 Å². The number of benzene rings is 1. The second kappa shape index (κ2) is 9.78. The summed E-state index contributed by atoms with van der Waals surface area (Å²) < 4.78 is 15.8. The number of aromatic nitrogens is 1. The third-order valence-corrected chi connectivity index (χ3v) is 8.01. The zero-order valence-electron chi connectivity index (χ0n) is 19.5. The number of amides is 3. The first kappa shape index (κ1) is 22.9. The molecule has 3 aromatic rings. The Balaban J connectivity index is 1.30. The summed E-state index contributed by atoms with van der Waals surface area (Å²) >= 11 is 1.58. The third-order valence-electron chi connectivity index (χ3n) is 7.06. The summed E-state index contributed by atoms with van der Waals surface area (Å²) in [5.41, 5.74) is 1.43. The lowest BCUT2D eigenvalue weighted by atomic mass is 9.96. The average Bonchev–Trinajstić information content (AvgIpc) is 3.42. The van der Waals surface area contributed by atoms with Gasteiger partial charge >= 0.3 is 6.03 Å². The number of urea groups is 1. The van der Waals surface area contributed by atoms with E-state index in [-0.39, 0.29) is 29.8 Å². The Morgan fingerprint density at radius 3 is 2.71 bits per heavy atom. The Kier molecular flexibility index (Phi) is 6.59. The maximum absolute atomic E-state index is 13.8. The van der Waals surface area contributed by atoms with Crippen LogP contribution in [-0.4, -0.2) is 58.0 Å². The lowest BCUT2D eigenvalue weighted by Crippen LogP contribution is -2.58. The molecule has 5 rings (SSSR count). The normalized spacial score (nSPS) is 19.5. The number of hydrogen-bond acceptors (Lipinski definition) is 3. The molecular weight excluding hydrogens is 451 g/mol. The van der Waals surface area contributed by atoms with E-state index in [0.29, 0.717) is 31.9 Å². The molecule has 1 aliphatic carbocycles. The van der Waals surface area contributed by atoms with Crippen molar-refractivity contribution in [2.24, 2.45) is 0 Å². The lowest BCUT2D eigenvalue weighted by Gasteiger charge is -2.40. The predicted octanol–water partition coefficient (Wildman–Crippen LogP) is 5.08. The van der Waals surface area contributed by atoms with Crippen LogP contribution in [0.4, 0.5) is 9.18 Å². The second-order valence-corrected chi connectivity index (χ2v) is 10.4. The smallest absolute Gasteiger partial charge is 0.317 e. The standard InChI is InChI=1S/C26H31FN4O2S/c1-18-16-29(11-12-30(18)26(33)28-22-8-3-2-4-9-22)24(32)23-15-20-10-13-34-25(20)31(23)17-19-6-5-7-21(27)14-19/h5-7,10,13-15,18,22H,2-4,8-9,11-12,16-17H2,1H3,(H,28,33). The van der Waals surface area contributed by atoms with Crippen LogP contribution < -0.4 is 5.32 Å². The number of hydrogen-bond donors (Lipinski definition) is 1. The van der Waals surface area contributed by atoms with Crippen molar-refractivity contribution in [1.29, 1.82) is 0 Å². The molecule has 3 amide bonds. The molecule has 1 N–H and O–H groups in total. The Bertz CT molecular complexity index is 1180. The highest BCUT2D eigenvalue weighted by Crippen LogP contribution is 2.28. The van der Waals surface area contributed by atoms with E-state index in [4.69, 9.17) is 0 Å². The summed E-state index contributed by atoms with van der Waals surface area (Å²) in [5.74, 6) is -0.324. The molecule has 1 saturated heterocycles. The number of carbonyl (C=O) groups is 2. The SMILES string of the molecule is CC1CN(C(=O)c2cc3ccsc3n2Cc2cccc(F)c2)CCN1C(=O)NC1CCCCC1. The molecule has 34 heavy (non-hydrogen) atoms. The molecular formula is C26H31FN4O2S. The molecule has 0 bridgehead atoms. The van der Waals surface area contributed by atoms with Gasteiger partial charge in [-0.25, -0.2) is 9.18 Å². The molecule has 1 saturated carbocycles. The zero-order chi connectivity index (χ0) is 23.7. The van der Waals surface area contributed by atoms with Gasteiger partial charge in [-0.05, 0) is 55.0 Å². The lowest BCUT2D eigenvalue weighted by molar-refractivity contribution is 0.0566. The van der Waals surface area contributed by atoms with Crippen molar-refractivity contribution in [3.05, 3.63) is 58.9 Å². The van der Waals surface area contributed by atoms with Gasteiger partial charge in [0.2, 0.25) is 0 Å². The fraction of sp³-hybridized carbons (Fsp3) is 0.462. The Hall–Kier alpha value is -2.87. The molecule has 2 fully saturated rings. The van der Waals surface area contributed by atoms with Crippen LogP contribution in [0.5, 0.6) is 0 Å². The van der Waals surface area contributed by atoms with Crippen LogP contribution in [0.1, 0.15) is 55.1 Å². The molecule has 1 aromatic carbocycles. The van der Waals surface area contributed by atoms with Crippen LogP contribution in [0.25, 0.3) is 10.2 Å². The van der Waals surface area contributed by atoms with E-state index in [1.165, 1.54) is 31.4 Å². The van der Waals surface area contributed by atoms with Crippen LogP contribution in [0.2, 0.25) is 0 Å². The molecule has 2 aliphatic rings. The number of thiophene rings is 1. The highest BCUT2D eigenvalue weighted by Gasteiger charge is 2.32. The summed E-state index contributed by atoms with van der Waals surface area (Å²) in [4.78, 5) is 31.2. The second-order valence-electron chi connectivity index (χ2n) is 9.50. The highest BCUT2D eigenvalue weighted by molar-refractivity contribution is 7.16. The van der Waals surface area contributed by atoms with Gasteiger partial charge in [0.05, 0.1) is 0 Å². The van der Waals surface area contributed by atoms with E-state index in [0.717, 1.165) is 28.6 Å². The summed E-state index contributed by atoms with van der Waals surface area (Å²) in [7, 11) is 0. The van der Waals surface area contributed by atoms with Crippen molar-refractivity contribution in [2.45, 2.75) is 57.7 Å². The van der Waals surface area contributed by atoms with Gasteiger partial charge < -0.3 is 19.7 Å². The quantitative estimate of drug-likeness (QED) is 0.564. The number of carbonyl (C=O) groups excluding carboxylic acids is 2. The molecule has 2 aromatic heterocycles. The summed E-state index contributed by atoms with van der Waals surface area (Å²) in [6, 6.07) is 10.7. The molecule has 0 radical (unpaired) electrons. The molecule has 6 nitrogen and oxygen atoms in total. The maximum atomic E-state index is 13.8. The Morgan fingerprint density at radius 1 is 1.12 bits per heavy atom. The first-order valence-electron chi connectivity index (χ1n) is 12.2. The fourth-order valence-electron chi connectivity index (χ4n) is 5.24. The topological polar surface area (TPSA) is 57.6 Å². The van der Waals surface area contributed by atoms with Crippen LogP contribution >= 0.6 is 11.3 Å². The van der Waals surface area contributed by atoms with Crippen molar-refractivity contribution < 1.29 is 14.0 Å². The molecule has 3 heterocycles. The number of nitrogens with one attached hydrogen (secondary N) is 1. The molecule has 8 heteroatoms. The molecule has 180 valence electrons. The first-order chi connectivity index (χ1) is 16.5. The number of fused-ring (bicyclic) bond motifs is 1. The highest BCUT2D eigenvalue weighted by atomic mass is 32.1.